The van der Waals surface area contributed by atoms with Crippen LogP contribution in [0.5, 0.6) is 0 Å². The Kier molecular flexibility index (Phi) is 34.1. The van der Waals surface area contributed by atoms with E-state index in [1.165, 1.54) is 130 Å². The summed E-state index contributed by atoms with van der Waals surface area (Å²) < 4.78 is 260. The molecule has 45 nitrogen and oxygen atoms in total. The van der Waals surface area contributed by atoms with Gasteiger partial charge in [-0.15, -0.1) is 0 Å². The average molecular weight is 2050 g/mol. The van der Waals surface area contributed by atoms with E-state index >= 15 is 0 Å². The molecule has 0 spiro atoms. The maximum absolute atomic E-state index is 14.6. The van der Waals surface area contributed by atoms with Gasteiger partial charge in [0.1, 0.15) is 171 Å². The van der Waals surface area contributed by atoms with E-state index in [1.807, 2.05) is 0 Å². The maximum atomic E-state index is 14.6. The van der Waals surface area contributed by atoms with Crippen LogP contribution in [0.4, 0.5) is 0 Å². The Morgan fingerprint density at radius 3 is 0.438 bits per heavy atom. The van der Waals surface area contributed by atoms with Crippen LogP contribution in [0.15, 0.2) is 85.1 Å². The molecule has 5 aromatic carbocycles. The van der Waals surface area contributed by atoms with Gasteiger partial charge in [0, 0.05) is 0 Å². The molecule has 21 saturated heterocycles. The van der Waals surface area contributed by atoms with E-state index in [1.54, 1.807) is 34.6 Å². The lowest BCUT2D eigenvalue weighted by molar-refractivity contribution is -0.396. The van der Waals surface area contributed by atoms with Crippen molar-refractivity contribution in [3.05, 3.63) is 144 Å². The molecule has 21 fully saturated rings. The van der Waals surface area contributed by atoms with E-state index < -0.39 is 312 Å². The summed E-state index contributed by atoms with van der Waals surface area (Å²) in [5, 5.41) is 196. The Balaban J connectivity index is 0.916. The second-order valence-corrected chi connectivity index (χ2v) is 43.8. The molecule has 0 aromatic heterocycles. The minimum absolute atomic E-state index is 0.149. The molecular formula is C87H120O45S5. The smallest absolute Gasteiger partial charge is 0.297 e. The Bertz CT molecular complexity index is 5400. The number of aryl methyl sites for hydroxylation is 15. The molecule has 5 aromatic rings. The fraction of sp³-hybridized carbons (Fsp3) is 0.655. The Morgan fingerprint density at radius 1 is 0.197 bits per heavy atom. The summed E-state index contributed by atoms with van der Waals surface area (Å²) in [6, 6.07) is 15.0. The summed E-state index contributed by atoms with van der Waals surface area (Å²) in [6.07, 6.45) is -84.3. The molecule has 0 radical (unpaired) electrons. The normalized spacial score (nSPS) is 36.9. The molecule has 16 N–H and O–H groups in total. The molecule has 21 heterocycles. The number of hydrogen-bond donors (Lipinski definition) is 16. The lowest BCUT2D eigenvalue weighted by Crippen LogP contribution is -2.68. The highest BCUT2D eigenvalue weighted by Gasteiger charge is 2.61. The van der Waals surface area contributed by atoms with Gasteiger partial charge >= 0.3 is 0 Å². The number of hydrogen-bond acceptors (Lipinski definition) is 45. The monoisotopic (exact) mass is 2040 g/mol. The fourth-order valence-electron chi connectivity index (χ4n) is 19.2. The van der Waals surface area contributed by atoms with Crippen molar-refractivity contribution in [3.8, 4) is 0 Å². The largest absolute Gasteiger partial charge is 0.394 e. The van der Waals surface area contributed by atoms with Gasteiger partial charge in [0.15, 0.2) is 44.0 Å². The van der Waals surface area contributed by atoms with Gasteiger partial charge in [-0.3, -0.25) is 20.9 Å². The predicted octanol–water partition coefficient (Wildman–Crippen LogP) is -3.54. The van der Waals surface area contributed by atoms with Gasteiger partial charge in [-0.1, -0.05) is 88.5 Å². The number of aliphatic hydroxyl groups excluding tert-OH is 16. The summed E-state index contributed by atoms with van der Waals surface area (Å²) in [5.41, 5.74) is 4.66. The van der Waals surface area contributed by atoms with Crippen molar-refractivity contribution in [3.63, 3.8) is 0 Å². The van der Waals surface area contributed by atoms with Crippen molar-refractivity contribution in [1.82, 2.24) is 0 Å². The first-order valence-electron chi connectivity index (χ1n) is 43.8. The Labute approximate surface area is 790 Å². The van der Waals surface area contributed by atoms with Crippen LogP contribution in [0.2, 0.25) is 0 Å². The molecule has 0 aliphatic carbocycles. The third-order valence-corrected chi connectivity index (χ3v) is 33.0. The van der Waals surface area contributed by atoms with Crippen molar-refractivity contribution >= 4 is 50.6 Å². The zero-order valence-corrected chi connectivity index (χ0v) is 81.0. The third kappa shape index (κ3) is 22.9. The molecule has 0 saturated carbocycles. The molecule has 50 heteroatoms. The summed E-state index contributed by atoms with van der Waals surface area (Å²) in [5.74, 6) is 0. The number of ether oxygens (including phenoxy) is 14. The summed E-state index contributed by atoms with van der Waals surface area (Å²) >= 11 is 0. The molecule has 35 atom stereocenters. The maximum Gasteiger partial charge on any atom is 0.297 e. The standard InChI is InChI=1S/C87H120O45S5/c1-33-16-38(6)76(39(7)17-33)133(104,105)114-28-50-71-59(94)66(101)85(123-50)130-73-52(30-116-135(108,109)78-42(10)20-35(3)21-43(78)11)121-83(64(99)57(73)92)126-69-48(26-88)120-82(63(98)56(69)91)129-72-51(29-115-134(106,107)77-40(8)18-34(2)19-41(77)9)124-86(67(102)60(72)95)132-75-54(32-118-137(112,113)80-46(14)24-37(5)25-47(80)15)125-87(68(103)61(75)96)131-74-53(31-117-136(110,111)79-44(12)22-36(4)23-45(79)13)122-84(65(100)58(74)93)127-70-49(27-89)119-81(128-71)62(97)55(70)90/h16-25,48-75,81-103H,26-32H2,1-15H3/t48-,49-,50-,51-,52-,53-,54-,55-,56+,57-,58-,59-,60-,61-,62-,63-,64-,65-,66-,67-,68-,69-,70-,71-,72-,73-,74-,75-,81-,82-,83-,84-,85-,86-,87-/m1/s1. The van der Waals surface area contributed by atoms with Crippen molar-refractivity contribution in [1.29, 1.82) is 0 Å². The van der Waals surface area contributed by atoms with Crippen LogP contribution in [-0.2, 0) is 138 Å². The van der Waals surface area contributed by atoms with Crippen molar-refractivity contribution in [2.75, 3.05) is 46.2 Å². The van der Waals surface area contributed by atoms with Crippen molar-refractivity contribution in [2.24, 2.45) is 0 Å². The van der Waals surface area contributed by atoms with Crippen molar-refractivity contribution in [2.45, 2.75) is 343 Å². The zero-order valence-electron chi connectivity index (χ0n) is 77.0. The fourth-order valence-corrected chi connectivity index (χ4v) is 25.9. The van der Waals surface area contributed by atoms with Crippen LogP contribution in [-0.4, -0.2) is 385 Å². The summed E-state index contributed by atoms with van der Waals surface area (Å²) in [7, 11) is -25.0. The minimum Gasteiger partial charge on any atom is -0.394 e. The van der Waals surface area contributed by atoms with E-state index in [-0.39, 0.29) is 80.1 Å². The van der Waals surface area contributed by atoms with E-state index in [9.17, 15) is 124 Å². The van der Waals surface area contributed by atoms with Crippen LogP contribution in [0.3, 0.4) is 0 Å². The van der Waals surface area contributed by atoms with Crippen LogP contribution in [0.25, 0.3) is 0 Å². The van der Waals surface area contributed by atoms with E-state index in [0.717, 1.165) is 0 Å². The van der Waals surface area contributed by atoms with E-state index in [2.05, 4.69) is 0 Å². The second kappa shape index (κ2) is 43.0. The highest BCUT2D eigenvalue weighted by Crippen LogP contribution is 2.43. The molecule has 21 aliphatic rings. The topological polar surface area (TPSA) is 670 Å². The molecule has 14 bridgehead atoms. The third-order valence-electron chi connectivity index (χ3n) is 25.1. The first-order chi connectivity index (χ1) is 64.0. The lowest BCUT2D eigenvalue weighted by atomic mass is 9.95. The molecule has 21 aliphatic heterocycles. The average Bonchev–Trinajstić information content (AvgIpc) is 0.854. The molecule has 0 unspecified atom stereocenters. The summed E-state index contributed by atoms with van der Waals surface area (Å²) in [6.45, 7) is 13.6. The predicted molar refractivity (Wildman–Crippen MR) is 462 cm³/mol. The highest BCUT2D eigenvalue weighted by molar-refractivity contribution is 7.88. The van der Waals surface area contributed by atoms with Gasteiger partial charge in [0.25, 0.3) is 50.6 Å². The first-order valence-corrected chi connectivity index (χ1v) is 50.8. The van der Waals surface area contributed by atoms with E-state index in [0.29, 0.717) is 27.8 Å². The van der Waals surface area contributed by atoms with Gasteiger partial charge in [-0.2, -0.15) is 42.1 Å². The quantitative estimate of drug-likeness (QED) is 0.0299. The van der Waals surface area contributed by atoms with Gasteiger partial charge in [-0.05, 0) is 159 Å². The Hall–Kier alpha value is -5.55. The van der Waals surface area contributed by atoms with Crippen LogP contribution >= 0.6 is 0 Å². The van der Waals surface area contributed by atoms with Crippen LogP contribution in [0.1, 0.15) is 83.5 Å². The highest BCUT2D eigenvalue weighted by atomic mass is 32.2. The molecule has 768 valence electrons. The SMILES string of the molecule is Cc1cc(C)c(S(=O)(=O)OC[C@H]2O[C@@H]3O[C@H]4[C@H](O)[C@@H](O)[C@@H](O[C@H]5[C@H](O)[C@@H](O)[C@@H](O[C@H]6[C@H](O)[C@@H](O)[C@@H](O[C@H]7[C@@H](O)[C@@H](O)[C@@H](O[C@H]8[C@H](O)[C@@H](O)[C@@H](O[C@H]9[C@H](O)[C@@H](O)[C@@H](O[C@H]2[C@H](O)[C@H]3O)O[C@@H]9COS(=O)(=O)c2c(C)cc(C)cc2C)O[C@@H]8COS(=O)(=O)c2c(C)cc(C)cc2C)O[C@@H]7CO)O[C@@H]6COS(=O)(=O)c2c(C)cc(C)cc2C)O[C@@H]5COS(=O)(=O)c2c(C)cc(C)cc2C)O[C@@H]4CO)c(C)c1. The molecule has 137 heavy (non-hydrogen) atoms. The van der Waals surface area contributed by atoms with Gasteiger partial charge in [-0.25, -0.2) is 0 Å². The number of aliphatic hydroxyl groups is 16. The lowest BCUT2D eigenvalue weighted by Gasteiger charge is -2.50. The first kappa shape index (κ1) is 109. The molecule has 0 amide bonds. The summed E-state index contributed by atoms with van der Waals surface area (Å²) in [4.78, 5) is -1.90. The number of benzene rings is 5. The number of rotatable bonds is 22. The van der Waals surface area contributed by atoms with E-state index in [4.69, 9.17) is 87.2 Å². The van der Waals surface area contributed by atoms with Gasteiger partial charge < -0.3 is 148 Å². The molecular weight excluding hydrogens is 1930 g/mol. The second-order valence-electron chi connectivity index (χ2n) is 36.1. The molecule has 26 rings (SSSR count). The Morgan fingerprint density at radius 2 is 0.314 bits per heavy atom. The van der Waals surface area contributed by atoms with Crippen molar-refractivity contribution < 1.29 is 211 Å². The minimum atomic E-state index is -5.02. The van der Waals surface area contributed by atoms with Gasteiger partial charge in [0.2, 0.25) is 0 Å². The van der Waals surface area contributed by atoms with Crippen LogP contribution in [0, 0.1) is 104 Å². The van der Waals surface area contributed by atoms with Gasteiger partial charge in [0.05, 0.1) is 70.7 Å². The zero-order chi connectivity index (χ0) is 101. The van der Waals surface area contributed by atoms with Crippen LogP contribution < -0.4 is 0 Å².